The maximum absolute atomic E-state index is 13.8. The van der Waals surface area contributed by atoms with Crippen LogP contribution < -0.4 is 17.2 Å². The van der Waals surface area contributed by atoms with Gasteiger partial charge in [-0.25, -0.2) is 33.7 Å². The van der Waals surface area contributed by atoms with Gasteiger partial charge in [-0.15, -0.1) is 6.58 Å². The Labute approximate surface area is 334 Å². The monoisotopic (exact) mass is 877 g/mol. The first-order valence-corrected chi connectivity index (χ1v) is 20.8. The van der Waals surface area contributed by atoms with Gasteiger partial charge in [-0.2, -0.15) is 4.98 Å². The van der Waals surface area contributed by atoms with Gasteiger partial charge in [-0.1, -0.05) is 13.0 Å². The van der Waals surface area contributed by atoms with Crippen LogP contribution >= 0.6 is 15.6 Å². The van der Waals surface area contributed by atoms with Gasteiger partial charge in [0.05, 0.1) is 26.1 Å². The fourth-order valence-electron chi connectivity index (χ4n) is 6.11. The normalized spacial score (nSPS) is 26.1. The number of amides is 1. The van der Waals surface area contributed by atoms with Gasteiger partial charge >= 0.3 is 27.3 Å². The molecule has 0 bridgehead atoms. The lowest BCUT2D eigenvalue weighted by atomic mass is 10.1. The number of fused-ring (bicyclic) bond motifs is 1. The van der Waals surface area contributed by atoms with Gasteiger partial charge in [0.15, 0.2) is 36.1 Å². The highest BCUT2D eigenvalue weighted by atomic mass is 31.2. The van der Waals surface area contributed by atoms with E-state index in [1.165, 1.54) is 30.1 Å². The number of carbonyl (C=O) groups excluding carboxylic acids is 2. The van der Waals surface area contributed by atoms with E-state index in [2.05, 4.69) is 31.0 Å². The number of esters is 1. The van der Waals surface area contributed by atoms with E-state index in [0.29, 0.717) is 12.8 Å². The van der Waals surface area contributed by atoms with Crippen molar-refractivity contribution in [3.05, 3.63) is 48.1 Å². The number of aliphatic hydroxyl groups excluding tert-OH is 2. The molecule has 326 valence electrons. The lowest BCUT2D eigenvalue weighted by molar-refractivity contribution is -0.167. The minimum Gasteiger partial charge on any atom is -0.455 e. The van der Waals surface area contributed by atoms with Gasteiger partial charge in [0, 0.05) is 26.3 Å². The van der Waals surface area contributed by atoms with Crippen LogP contribution in [-0.4, -0.2) is 147 Å². The summed E-state index contributed by atoms with van der Waals surface area (Å²) in [6.07, 6.45) is -7.97. The average Bonchev–Trinajstić information content (AvgIpc) is 3.83. The topological polar surface area (TPSA) is 368 Å². The fraction of sp³-hybridized carbons (Fsp3) is 0.581. The minimum absolute atomic E-state index is 0.0103. The summed E-state index contributed by atoms with van der Waals surface area (Å²) in [6.45, 7) is 3.39. The summed E-state index contributed by atoms with van der Waals surface area (Å²) in [5.41, 5.74) is 10.7. The predicted molar refractivity (Wildman–Crippen MR) is 198 cm³/mol. The van der Waals surface area contributed by atoms with Gasteiger partial charge in [0.25, 0.3) is 0 Å². The van der Waals surface area contributed by atoms with Crippen LogP contribution in [0.25, 0.3) is 11.2 Å². The molecule has 2 aliphatic rings. The van der Waals surface area contributed by atoms with Crippen molar-refractivity contribution in [3.63, 3.8) is 0 Å². The highest BCUT2D eigenvalue weighted by Crippen LogP contribution is 2.50. The average molecular weight is 878 g/mol. The number of carbonyl (C=O) groups is 2. The predicted octanol–water partition coefficient (Wildman–Crippen LogP) is -1.49. The number of nitrogens with two attached hydrogens (primary N) is 2. The molecule has 2 saturated heterocycles. The van der Waals surface area contributed by atoms with Gasteiger partial charge < -0.3 is 60.2 Å². The summed E-state index contributed by atoms with van der Waals surface area (Å²) >= 11 is 0. The van der Waals surface area contributed by atoms with Crippen molar-refractivity contribution in [3.8, 4) is 0 Å². The third-order valence-corrected chi connectivity index (χ3v) is 10.5. The van der Waals surface area contributed by atoms with Crippen LogP contribution in [0.2, 0.25) is 0 Å². The number of nitrogen functional groups attached to an aromatic ring is 2. The SMILES string of the molecule is C=CCCC(=O)N(C)[C@@H](COCCC)C(=O)O[C@H]1[C@@H](O)[C@H](n2cnc3c(N)ncnc32)O[C@@H]1COP(=O)(O)O[C@H]1[C@@H](O)[C@H](n2ccc(N)nc2=O)O[C@@H]1COP(=O)(O)O. The van der Waals surface area contributed by atoms with Crippen molar-refractivity contribution in [2.75, 3.05) is 44.9 Å². The Morgan fingerprint density at radius 2 is 1.69 bits per heavy atom. The zero-order valence-corrected chi connectivity index (χ0v) is 33.3. The number of hydrogen-bond donors (Lipinski definition) is 7. The summed E-state index contributed by atoms with van der Waals surface area (Å²) < 4.78 is 64.9. The second-order valence-electron chi connectivity index (χ2n) is 13.2. The molecule has 3 aromatic rings. The number of likely N-dealkylation sites (N-methyl/N-ethyl adjacent to an activating group) is 1. The summed E-state index contributed by atoms with van der Waals surface area (Å²) in [5.74, 6) is -1.69. The molecular weight excluding hydrogens is 832 g/mol. The Kier molecular flexibility index (Phi) is 15.1. The van der Waals surface area contributed by atoms with Crippen LogP contribution in [-0.2, 0) is 51.2 Å². The number of ether oxygens (including phenoxy) is 4. The van der Waals surface area contributed by atoms with Crippen LogP contribution in [0.1, 0.15) is 38.6 Å². The Morgan fingerprint density at radius 1 is 1.03 bits per heavy atom. The lowest BCUT2D eigenvalue weighted by Crippen LogP contribution is -2.49. The van der Waals surface area contributed by atoms with Crippen LogP contribution in [0, 0.1) is 0 Å². The van der Waals surface area contributed by atoms with Gasteiger partial charge in [0.1, 0.15) is 48.2 Å². The molecule has 0 aromatic carbocycles. The van der Waals surface area contributed by atoms with Crippen LogP contribution in [0.5, 0.6) is 0 Å². The molecule has 2 fully saturated rings. The van der Waals surface area contributed by atoms with E-state index in [1.807, 2.05) is 6.92 Å². The standard InChI is InChI=1S/C31H45N9O17P2/c1-4-6-7-20(41)38(3)16(11-51-10-5-2)30(44)56-24-17(54-29(22(24)42)40-15-36-21-26(33)34-14-35-27(21)40)13-53-59(49,50)57-25-18(12-52-58(46,47)48)55-28(23(25)43)39-9-8-19(32)37-31(39)45/h4,8-9,14-18,22-25,28-29,42-43H,1,5-7,10-13H2,2-3H3,(H,49,50)(H2,32,37,45)(H2,33,34,35)(H2,46,47,48)/t16-,17+,18+,22+,23+,24+,25+,28+,29+/m0/s1. The number of imidazole rings is 1. The first kappa shape index (κ1) is 45.8. The van der Waals surface area contributed by atoms with E-state index in [0.717, 1.165) is 22.0 Å². The summed E-state index contributed by atoms with van der Waals surface area (Å²) in [6, 6.07) is -0.152. The zero-order valence-electron chi connectivity index (χ0n) is 31.6. The summed E-state index contributed by atoms with van der Waals surface area (Å²) in [7, 11) is -9.21. The summed E-state index contributed by atoms with van der Waals surface area (Å²) in [4.78, 5) is 85.6. The molecule has 1 amide bonds. The second kappa shape index (κ2) is 19.4. The Balaban J connectivity index is 1.40. The smallest absolute Gasteiger partial charge is 0.455 e. The van der Waals surface area contributed by atoms with Crippen molar-refractivity contribution in [2.45, 2.75) is 81.3 Å². The van der Waals surface area contributed by atoms with E-state index in [4.69, 9.17) is 39.5 Å². The fourth-order valence-corrected chi connectivity index (χ4v) is 7.41. The molecule has 28 heteroatoms. The second-order valence-corrected chi connectivity index (χ2v) is 15.8. The third kappa shape index (κ3) is 11.1. The summed E-state index contributed by atoms with van der Waals surface area (Å²) in [5, 5.41) is 22.8. The molecule has 0 spiro atoms. The Morgan fingerprint density at radius 3 is 2.36 bits per heavy atom. The van der Waals surface area contributed by atoms with Gasteiger partial charge in [-0.05, 0) is 18.9 Å². The Hall–Kier alpha value is -4.27. The van der Waals surface area contributed by atoms with Crippen molar-refractivity contribution in [2.24, 2.45) is 0 Å². The molecule has 3 aromatic heterocycles. The number of nitrogens with zero attached hydrogens (tertiary/aromatic N) is 7. The Bertz CT molecular complexity index is 2120. The first-order valence-electron chi connectivity index (χ1n) is 17.8. The van der Waals surface area contributed by atoms with Crippen molar-refractivity contribution in [1.82, 2.24) is 34.0 Å². The molecule has 59 heavy (non-hydrogen) atoms. The maximum Gasteiger partial charge on any atom is 0.472 e. The molecule has 0 aliphatic carbocycles. The molecule has 1 unspecified atom stereocenters. The van der Waals surface area contributed by atoms with E-state index < -0.39 is 102 Å². The third-order valence-electron chi connectivity index (χ3n) is 9.04. The van der Waals surface area contributed by atoms with Crippen molar-refractivity contribution in [1.29, 1.82) is 0 Å². The highest BCUT2D eigenvalue weighted by Gasteiger charge is 2.52. The number of allylic oxidation sites excluding steroid dienone is 1. The molecule has 10 atom stereocenters. The van der Waals surface area contributed by atoms with Crippen LogP contribution in [0.4, 0.5) is 11.6 Å². The largest absolute Gasteiger partial charge is 0.472 e. The van der Waals surface area contributed by atoms with Gasteiger partial charge in [-0.3, -0.25) is 27.5 Å². The van der Waals surface area contributed by atoms with Crippen molar-refractivity contribution >= 4 is 50.3 Å². The number of anilines is 2. The van der Waals surface area contributed by atoms with Gasteiger partial charge in [0.2, 0.25) is 5.91 Å². The molecule has 5 rings (SSSR count). The number of rotatable bonds is 20. The number of aliphatic hydroxyl groups is 2. The number of phosphoric acid groups is 2. The molecule has 2 aliphatic heterocycles. The quantitative estimate of drug-likeness (QED) is 0.0294. The zero-order chi connectivity index (χ0) is 43.2. The number of phosphoric ester groups is 2. The van der Waals surface area contributed by atoms with E-state index in [1.54, 1.807) is 0 Å². The van der Waals surface area contributed by atoms with E-state index in [9.17, 15) is 48.4 Å². The maximum atomic E-state index is 13.8. The van der Waals surface area contributed by atoms with Crippen LogP contribution in [0.15, 0.2) is 42.4 Å². The van der Waals surface area contributed by atoms with E-state index in [-0.39, 0.29) is 42.4 Å². The molecule has 0 saturated carbocycles. The lowest BCUT2D eigenvalue weighted by Gasteiger charge is -2.29. The molecule has 26 nitrogen and oxygen atoms in total. The highest BCUT2D eigenvalue weighted by molar-refractivity contribution is 7.47. The van der Waals surface area contributed by atoms with Crippen molar-refractivity contribution < 1.29 is 76.1 Å². The van der Waals surface area contributed by atoms with Crippen LogP contribution in [0.3, 0.4) is 0 Å². The molecular formula is C31H45N9O17P2. The molecule has 0 radical (unpaired) electrons. The van der Waals surface area contributed by atoms with E-state index >= 15 is 0 Å². The number of hydrogen-bond acceptors (Lipinski definition) is 20. The minimum atomic E-state index is -5.41. The number of aromatic nitrogens is 6. The molecule has 9 N–H and O–H groups in total. The first-order chi connectivity index (χ1) is 27.9. The molecule has 5 heterocycles.